The molecule has 2 N–H and O–H groups in total. The fraction of sp³-hybridized carbons (Fsp3) is 0. The summed E-state index contributed by atoms with van der Waals surface area (Å²) >= 11 is 0. The molecule has 0 unspecified atom stereocenters. The summed E-state index contributed by atoms with van der Waals surface area (Å²) in [5, 5.41) is 13.1. The van der Waals surface area contributed by atoms with E-state index in [1.54, 1.807) is 17.1 Å². The number of hydrogen-bond acceptors (Lipinski definition) is 3. The molecule has 0 aliphatic rings. The monoisotopic (exact) mass is 254 g/mol. The first-order valence-corrected chi connectivity index (χ1v) is 5.63. The average Bonchev–Trinajstić information content (AvgIpc) is 3.09. The zero-order chi connectivity index (χ0) is 13.2. The molecule has 3 aromatic rings. The molecule has 6 nitrogen and oxygen atoms in total. The van der Waals surface area contributed by atoms with Crippen molar-refractivity contribution in [3.63, 3.8) is 0 Å². The van der Waals surface area contributed by atoms with Gasteiger partial charge in [-0.25, -0.2) is 14.5 Å². The Morgan fingerprint density at radius 1 is 1.21 bits per heavy atom. The molecule has 2 heterocycles. The van der Waals surface area contributed by atoms with Crippen LogP contribution in [0.5, 0.6) is 0 Å². The Bertz CT molecular complexity index is 715. The van der Waals surface area contributed by atoms with Crippen molar-refractivity contribution in [2.75, 3.05) is 0 Å². The Hall–Kier alpha value is -2.89. The van der Waals surface area contributed by atoms with Gasteiger partial charge in [0.05, 0.1) is 23.6 Å². The zero-order valence-corrected chi connectivity index (χ0v) is 9.82. The molecule has 0 atom stereocenters. The third kappa shape index (κ3) is 2.11. The van der Waals surface area contributed by atoms with Crippen LogP contribution in [0.3, 0.4) is 0 Å². The summed E-state index contributed by atoms with van der Waals surface area (Å²) in [5.74, 6) is -0.547. The van der Waals surface area contributed by atoms with Gasteiger partial charge >= 0.3 is 5.97 Å². The zero-order valence-electron chi connectivity index (χ0n) is 9.82. The van der Waals surface area contributed by atoms with Gasteiger partial charge in [-0.05, 0) is 12.1 Å². The molecule has 94 valence electrons. The van der Waals surface area contributed by atoms with Crippen LogP contribution in [0.2, 0.25) is 0 Å². The summed E-state index contributed by atoms with van der Waals surface area (Å²) in [4.78, 5) is 17.5. The van der Waals surface area contributed by atoms with Gasteiger partial charge < -0.3 is 10.1 Å². The third-order valence-electron chi connectivity index (χ3n) is 2.68. The van der Waals surface area contributed by atoms with Crippen molar-refractivity contribution in [2.45, 2.75) is 0 Å². The van der Waals surface area contributed by atoms with E-state index < -0.39 is 5.97 Å². The van der Waals surface area contributed by atoms with Gasteiger partial charge in [0.2, 0.25) is 0 Å². The van der Waals surface area contributed by atoms with E-state index in [-0.39, 0.29) is 5.69 Å². The van der Waals surface area contributed by atoms with E-state index in [1.165, 1.54) is 6.20 Å². The quantitative estimate of drug-likeness (QED) is 0.748. The Morgan fingerprint density at radius 3 is 2.68 bits per heavy atom. The summed E-state index contributed by atoms with van der Waals surface area (Å²) in [6, 6.07) is 9.64. The van der Waals surface area contributed by atoms with E-state index in [1.807, 2.05) is 30.3 Å². The van der Waals surface area contributed by atoms with Crippen LogP contribution >= 0.6 is 0 Å². The van der Waals surface area contributed by atoms with Crippen LogP contribution in [0.25, 0.3) is 17.1 Å². The Kier molecular flexibility index (Phi) is 2.60. The van der Waals surface area contributed by atoms with Crippen molar-refractivity contribution in [3.05, 3.63) is 54.6 Å². The second kappa shape index (κ2) is 4.41. The molecule has 0 bridgehead atoms. The number of hydrogen-bond donors (Lipinski definition) is 2. The summed E-state index contributed by atoms with van der Waals surface area (Å²) in [7, 11) is 0. The van der Waals surface area contributed by atoms with Gasteiger partial charge in [-0.3, -0.25) is 0 Å². The Labute approximate surface area is 108 Å². The number of nitrogens with one attached hydrogen (secondary N) is 1. The van der Waals surface area contributed by atoms with Crippen molar-refractivity contribution < 1.29 is 9.90 Å². The number of carboxylic acid groups (broad SMARTS) is 1. The lowest BCUT2D eigenvalue weighted by Gasteiger charge is -1.98. The summed E-state index contributed by atoms with van der Waals surface area (Å²) in [6.45, 7) is 0. The molecule has 19 heavy (non-hydrogen) atoms. The number of benzene rings is 1. The number of aromatic carboxylic acids is 1. The van der Waals surface area contributed by atoms with Crippen LogP contribution in [0.4, 0.5) is 0 Å². The Morgan fingerprint density at radius 2 is 2.00 bits per heavy atom. The molecular formula is C13H10N4O2. The standard InChI is InChI=1S/C13H10N4O2/c18-13(19)11-7-14-12(16-11)9-6-15-17(8-9)10-4-2-1-3-5-10/h1-8H,(H,14,16)(H,18,19). The first-order chi connectivity index (χ1) is 9.24. The lowest BCUT2D eigenvalue weighted by atomic mass is 10.3. The van der Waals surface area contributed by atoms with Gasteiger partial charge in [-0.2, -0.15) is 5.10 Å². The molecule has 2 aromatic heterocycles. The predicted molar refractivity (Wildman–Crippen MR) is 68.1 cm³/mol. The number of nitrogens with zero attached hydrogens (tertiary/aromatic N) is 3. The van der Waals surface area contributed by atoms with Crippen molar-refractivity contribution >= 4 is 5.97 Å². The normalized spacial score (nSPS) is 10.5. The van der Waals surface area contributed by atoms with E-state index in [9.17, 15) is 4.79 Å². The summed E-state index contributed by atoms with van der Waals surface area (Å²) in [6.07, 6.45) is 4.72. The molecule has 0 saturated carbocycles. The SMILES string of the molecule is O=C(O)c1cnc(-c2cnn(-c3ccccc3)c2)[nH]1. The highest BCUT2D eigenvalue weighted by atomic mass is 16.4. The molecule has 0 saturated heterocycles. The van der Waals surface area contributed by atoms with E-state index in [2.05, 4.69) is 15.1 Å². The number of carboxylic acids is 1. The molecule has 6 heteroatoms. The molecule has 0 radical (unpaired) electrons. The van der Waals surface area contributed by atoms with Crippen LogP contribution in [-0.2, 0) is 0 Å². The summed E-state index contributed by atoms with van der Waals surface area (Å²) in [5.41, 5.74) is 1.72. The molecule has 1 aromatic carbocycles. The maximum atomic E-state index is 10.8. The Balaban J connectivity index is 1.94. The van der Waals surface area contributed by atoms with E-state index in [0.29, 0.717) is 5.82 Å². The number of imidazole rings is 1. The van der Waals surface area contributed by atoms with Crippen LogP contribution in [-0.4, -0.2) is 30.8 Å². The van der Waals surface area contributed by atoms with E-state index in [0.717, 1.165) is 11.3 Å². The highest BCUT2D eigenvalue weighted by molar-refractivity contribution is 5.85. The van der Waals surface area contributed by atoms with E-state index in [4.69, 9.17) is 5.11 Å². The fourth-order valence-electron chi connectivity index (χ4n) is 1.74. The van der Waals surface area contributed by atoms with Gasteiger partial charge in [0.15, 0.2) is 0 Å². The van der Waals surface area contributed by atoms with Crippen molar-refractivity contribution in [1.82, 2.24) is 19.7 Å². The van der Waals surface area contributed by atoms with Gasteiger partial charge in [0, 0.05) is 6.20 Å². The second-order valence-electron chi connectivity index (χ2n) is 3.96. The second-order valence-corrected chi connectivity index (χ2v) is 3.96. The smallest absolute Gasteiger partial charge is 0.353 e. The minimum absolute atomic E-state index is 0.0578. The highest BCUT2D eigenvalue weighted by Gasteiger charge is 2.10. The minimum Gasteiger partial charge on any atom is -0.477 e. The maximum Gasteiger partial charge on any atom is 0.353 e. The molecule has 0 spiro atoms. The van der Waals surface area contributed by atoms with Crippen LogP contribution in [0.15, 0.2) is 48.9 Å². The average molecular weight is 254 g/mol. The molecule has 0 aliphatic carbocycles. The fourth-order valence-corrected chi connectivity index (χ4v) is 1.74. The van der Waals surface area contributed by atoms with Crippen LogP contribution < -0.4 is 0 Å². The van der Waals surface area contributed by atoms with Gasteiger partial charge in [0.25, 0.3) is 0 Å². The predicted octanol–water partition coefficient (Wildman–Crippen LogP) is 1.96. The van der Waals surface area contributed by atoms with Gasteiger partial charge in [-0.1, -0.05) is 18.2 Å². The number of para-hydroxylation sites is 1. The number of aromatic amines is 1. The molecule has 3 rings (SSSR count). The van der Waals surface area contributed by atoms with Crippen LogP contribution in [0.1, 0.15) is 10.5 Å². The minimum atomic E-state index is -1.03. The van der Waals surface area contributed by atoms with Gasteiger partial charge in [-0.15, -0.1) is 0 Å². The highest BCUT2D eigenvalue weighted by Crippen LogP contribution is 2.16. The molecule has 0 amide bonds. The molecule has 0 aliphatic heterocycles. The van der Waals surface area contributed by atoms with E-state index >= 15 is 0 Å². The van der Waals surface area contributed by atoms with Gasteiger partial charge in [0.1, 0.15) is 11.5 Å². The van der Waals surface area contributed by atoms with Crippen LogP contribution in [0, 0.1) is 0 Å². The third-order valence-corrected chi connectivity index (χ3v) is 2.68. The molecule has 0 fully saturated rings. The first kappa shape index (κ1) is 11.2. The summed E-state index contributed by atoms with van der Waals surface area (Å²) < 4.78 is 1.71. The number of aromatic nitrogens is 4. The maximum absolute atomic E-state index is 10.8. The lowest BCUT2D eigenvalue weighted by molar-refractivity contribution is 0.0691. The number of carbonyl (C=O) groups is 1. The largest absolute Gasteiger partial charge is 0.477 e. The first-order valence-electron chi connectivity index (χ1n) is 5.63. The van der Waals surface area contributed by atoms with Crippen molar-refractivity contribution in [2.24, 2.45) is 0 Å². The van der Waals surface area contributed by atoms with Crippen molar-refractivity contribution in [1.29, 1.82) is 0 Å². The topological polar surface area (TPSA) is 83.8 Å². The molecular weight excluding hydrogens is 244 g/mol. The van der Waals surface area contributed by atoms with Crippen molar-refractivity contribution in [3.8, 4) is 17.1 Å². The number of rotatable bonds is 3. The lowest BCUT2D eigenvalue weighted by Crippen LogP contribution is -1.95. The number of H-pyrrole nitrogens is 1.